The standard InChI is InChI=1S/C18H30N2O/c1-6-8-13(3)19-18(21)15(5)20-14(4)17-11-9-16(7-2)10-12-17/h9-15,20H,6-8H2,1-5H3,(H,19,21). The van der Waals surface area contributed by atoms with Gasteiger partial charge in [0.05, 0.1) is 6.04 Å². The van der Waals surface area contributed by atoms with Gasteiger partial charge in [0.1, 0.15) is 0 Å². The van der Waals surface area contributed by atoms with Crippen LogP contribution in [0.2, 0.25) is 0 Å². The van der Waals surface area contributed by atoms with Gasteiger partial charge in [-0.25, -0.2) is 0 Å². The number of hydrogen-bond donors (Lipinski definition) is 2. The Morgan fingerprint density at radius 3 is 2.24 bits per heavy atom. The summed E-state index contributed by atoms with van der Waals surface area (Å²) in [6.45, 7) is 10.4. The zero-order valence-corrected chi connectivity index (χ0v) is 14.1. The van der Waals surface area contributed by atoms with E-state index in [1.165, 1.54) is 11.1 Å². The van der Waals surface area contributed by atoms with Crippen LogP contribution in [-0.2, 0) is 11.2 Å². The Morgan fingerprint density at radius 2 is 1.71 bits per heavy atom. The van der Waals surface area contributed by atoms with Gasteiger partial charge in [0, 0.05) is 12.1 Å². The van der Waals surface area contributed by atoms with E-state index in [-0.39, 0.29) is 24.0 Å². The number of aryl methyl sites for hydroxylation is 1. The summed E-state index contributed by atoms with van der Waals surface area (Å²) in [4.78, 5) is 12.1. The van der Waals surface area contributed by atoms with E-state index in [0.717, 1.165) is 19.3 Å². The highest BCUT2D eigenvalue weighted by Crippen LogP contribution is 2.14. The monoisotopic (exact) mass is 290 g/mol. The molecule has 3 atom stereocenters. The molecule has 118 valence electrons. The molecular formula is C18H30N2O. The topological polar surface area (TPSA) is 41.1 Å². The van der Waals surface area contributed by atoms with Crippen molar-refractivity contribution in [3.63, 3.8) is 0 Å². The summed E-state index contributed by atoms with van der Waals surface area (Å²) in [7, 11) is 0. The summed E-state index contributed by atoms with van der Waals surface area (Å²) in [6, 6.07) is 8.80. The molecule has 0 heterocycles. The molecule has 3 unspecified atom stereocenters. The van der Waals surface area contributed by atoms with Crippen molar-refractivity contribution in [2.45, 2.75) is 72.0 Å². The number of carbonyl (C=O) groups is 1. The highest BCUT2D eigenvalue weighted by atomic mass is 16.2. The van der Waals surface area contributed by atoms with Crippen LogP contribution in [0.25, 0.3) is 0 Å². The molecule has 3 nitrogen and oxygen atoms in total. The molecule has 0 spiro atoms. The van der Waals surface area contributed by atoms with E-state index in [0.29, 0.717) is 0 Å². The SMILES string of the molecule is CCCC(C)NC(=O)C(C)NC(C)c1ccc(CC)cc1. The molecule has 0 fully saturated rings. The van der Waals surface area contributed by atoms with Crippen LogP contribution in [0.1, 0.15) is 64.6 Å². The van der Waals surface area contributed by atoms with E-state index in [9.17, 15) is 4.79 Å². The highest BCUT2D eigenvalue weighted by Gasteiger charge is 2.17. The Kier molecular flexibility index (Phi) is 7.44. The number of nitrogens with one attached hydrogen (secondary N) is 2. The summed E-state index contributed by atoms with van der Waals surface area (Å²) in [5.74, 6) is 0.0768. The minimum Gasteiger partial charge on any atom is -0.352 e. The number of rotatable bonds is 8. The van der Waals surface area contributed by atoms with Gasteiger partial charge in [-0.2, -0.15) is 0 Å². The van der Waals surface area contributed by atoms with Crippen LogP contribution < -0.4 is 10.6 Å². The third kappa shape index (κ3) is 5.88. The number of carbonyl (C=O) groups excluding carboxylic acids is 1. The van der Waals surface area contributed by atoms with Gasteiger partial charge >= 0.3 is 0 Å². The smallest absolute Gasteiger partial charge is 0.237 e. The lowest BCUT2D eigenvalue weighted by Gasteiger charge is -2.22. The number of benzene rings is 1. The third-order valence-electron chi connectivity index (χ3n) is 3.89. The molecule has 0 bridgehead atoms. The Balaban J connectivity index is 2.52. The predicted octanol–water partition coefficient (Wildman–Crippen LogP) is 3.59. The van der Waals surface area contributed by atoms with E-state index in [4.69, 9.17) is 0 Å². The maximum atomic E-state index is 12.1. The van der Waals surface area contributed by atoms with Gasteiger partial charge in [0.2, 0.25) is 5.91 Å². The molecule has 3 heteroatoms. The molecule has 0 saturated carbocycles. The average molecular weight is 290 g/mol. The Morgan fingerprint density at radius 1 is 1.10 bits per heavy atom. The predicted molar refractivity (Wildman–Crippen MR) is 89.3 cm³/mol. The molecule has 0 aliphatic heterocycles. The Bertz CT molecular complexity index is 427. The number of hydrogen-bond acceptors (Lipinski definition) is 2. The van der Waals surface area contributed by atoms with Crippen LogP contribution in [0.4, 0.5) is 0 Å². The van der Waals surface area contributed by atoms with E-state index >= 15 is 0 Å². The molecule has 2 N–H and O–H groups in total. The summed E-state index contributed by atoms with van der Waals surface area (Å²) in [5, 5.41) is 6.42. The summed E-state index contributed by atoms with van der Waals surface area (Å²) in [6.07, 6.45) is 3.16. The van der Waals surface area contributed by atoms with Gasteiger partial charge in [-0.05, 0) is 44.7 Å². The second-order valence-electron chi connectivity index (χ2n) is 5.90. The molecule has 0 aliphatic rings. The zero-order valence-electron chi connectivity index (χ0n) is 14.1. The fourth-order valence-electron chi connectivity index (χ4n) is 2.46. The van der Waals surface area contributed by atoms with Crippen LogP contribution in [-0.4, -0.2) is 18.0 Å². The first-order valence-corrected chi connectivity index (χ1v) is 8.13. The zero-order chi connectivity index (χ0) is 15.8. The van der Waals surface area contributed by atoms with Crippen molar-refractivity contribution >= 4 is 5.91 Å². The van der Waals surface area contributed by atoms with Crippen molar-refractivity contribution in [3.05, 3.63) is 35.4 Å². The second-order valence-corrected chi connectivity index (χ2v) is 5.90. The molecule has 0 saturated heterocycles. The molecule has 0 aromatic heterocycles. The maximum Gasteiger partial charge on any atom is 0.237 e. The molecule has 1 aromatic carbocycles. The fraction of sp³-hybridized carbons (Fsp3) is 0.611. The normalized spacial score (nSPS) is 15.3. The average Bonchev–Trinajstić information content (AvgIpc) is 2.47. The summed E-state index contributed by atoms with van der Waals surface area (Å²) in [5.41, 5.74) is 2.55. The lowest BCUT2D eigenvalue weighted by atomic mass is 10.0. The summed E-state index contributed by atoms with van der Waals surface area (Å²) < 4.78 is 0. The van der Waals surface area contributed by atoms with E-state index in [2.05, 4.69) is 62.6 Å². The lowest BCUT2D eigenvalue weighted by Crippen LogP contribution is -2.46. The van der Waals surface area contributed by atoms with Gasteiger partial charge in [-0.3, -0.25) is 10.1 Å². The van der Waals surface area contributed by atoms with Crippen LogP contribution in [0.3, 0.4) is 0 Å². The largest absolute Gasteiger partial charge is 0.352 e. The van der Waals surface area contributed by atoms with E-state index in [1.54, 1.807) is 0 Å². The minimum atomic E-state index is -0.190. The van der Waals surface area contributed by atoms with Crippen LogP contribution in [0.15, 0.2) is 24.3 Å². The van der Waals surface area contributed by atoms with Gasteiger partial charge < -0.3 is 5.32 Å². The number of amides is 1. The molecule has 21 heavy (non-hydrogen) atoms. The summed E-state index contributed by atoms with van der Waals surface area (Å²) >= 11 is 0. The third-order valence-corrected chi connectivity index (χ3v) is 3.89. The molecule has 0 aliphatic carbocycles. The first kappa shape index (κ1) is 17.7. The molecule has 1 rings (SSSR count). The molecular weight excluding hydrogens is 260 g/mol. The van der Waals surface area contributed by atoms with Crippen molar-refractivity contribution in [1.82, 2.24) is 10.6 Å². The van der Waals surface area contributed by atoms with Crippen molar-refractivity contribution < 1.29 is 4.79 Å². The quantitative estimate of drug-likeness (QED) is 0.768. The van der Waals surface area contributed by atoms with Crippen LogP contribution in [0, 0.1) is 0 Å². The first-order chi connectivity index (χ1) is 9.97. The van der Waals surface area contributed by atoms with Gasteiger partial charge in [-0.15, -0.1) is 0 Å². The van der Waals surface area contributed by atoms with E-state index in [1.807, 2.05) is 6.92 Å². The van der Waals surface area contributed by atoms with Crippen molar-refractivity contribution in [3.8, 4) is 0 Å². The molecule has 1 aromatic rings. The highest BCUT2D eigenvalue weighted by molar-refractivity contribution is 5.81. The van der Waals surface area contributed by atoms with Crippen molar-refractivity contribution in [2.75, 3.05) is 0 Å². The minimum absolute atomic E-state index is 0.0768. The van der Waals surface area contributed by atoms with E-state index < -0.39 is 0 Å². The molecule has 1 amide bonds. The Labute approximate surface area is 129 Å². The van der Waals surface area contributed by atoms with Crippen LogP contribution in [0.5, 0.6) is 0 Å². The van der Waals surface area contributed by atoms with Gasteiger partial charge in [-0.1, -0.05) is 44.5 Å². The molecule has 0 radical (unpaired) electrons. The lowest BCUT2D eigenvalue weighted by molar-refractivity contribution is -0.123. The first-order valence-electron chi connectivity index (χ1n) is 8.13. The second kappa shape index (κ2) is 8.83. The van der Waals surface area contributed by atoms with Gasteiger partial charge in [0.25, 0.3) is 0 Å². The van der Waals surface area contributed by atoms with Gasteiger partial charge in [0.15, 0.2) is 0 Å². The van der Waals surface area contributed by atoms with Crippen molar-refractivity contribution in [2.24, 2.45) is 0 Å². The Hall–Kier alpha value is -1.35. The maximum absolute atomic E-state index is 12.1. The van der Waals surface area contributed by atoms with Crippen LogP contribution >= 0.6 is 0 Å². The fourth-order valence-corrected chi connectivity index (χ4v) is 2.46. The van der Waals surface area contributed by atoms with Crippen molar-refractivity contribution in [1.29, 1.82) is 0 Å².